The van der Waals surface area contributed by atoms with Crippen molar-refractivity contribution in [3.8, 4) is 0 Å². The number of thiazole rings is 1. The van der Waals surface area contributed by atoms with Crippen LogP contribution in [0.5, 0.6) is 0 Å². The van der Waals surface area contributed by atoms with Crippen molar-refractivity contribution in [2.75, 3.05) is 13.2 Å². The van der Waals surface area contributed by atoms with Crippen molar-refractivity contribution >= 4 is 11.3 Å². The van der Waals surface area contributed by atoms with Crippen LogP contribution in [-0.2, 0) is 16.8 Å². The van der Waals surface area contributed by atoms with E-state index in [1.54, 1.807) is 17.6 Å². The van der Waals surface area contributed by atoms with Gasteiger partial charge in [0.15, 0.2) is 0 Å². The molecule has 1 aliphatic rings. The van der Waals surface area contributed by atoms with Crippen molar-refractivity contribution in [1.29, 1.82) is 0 Å². The summed E-state index contributed by atoms with van der Waals surface area (Å²) < 4.78 is 10.5. The van der Waals surface area contributed by atoms with Crippen LogP contribution in [0, 0.1) is 13.8 Å². The van der Waals surface area contributed by atoms with Gasteiger partial charge >= 0.3 is 0 Å². The predicted molar refractivity (Wildman–Crippen MR) is 76.7 cm³/mol. The Hall–Kier alpha value is -1.24. The van der Waals surface area contributed by atoms with Gasteiger partial charge in [-0.2, -0.15) is 0 Å². The van der Waals surface area contributed by atoms with E-state index in [1.807, 2.05) is 13.8 Å². The Balaban J connectivity index is 1.81. The number of hydrogen-bond donors (Lipinski definition) is 1. The number of aryl methyl sites for hydroxylation is 2. The second-order valence-electron chi connectivity index (χ2n) is 5.27. The summed E-state index contributed by atoms with van der Waals surface area (Å²) in [5, 5.41) is 10.9. The van der Waals surface area contributed by atoms with E-state index in [9.17, 15) is 0 Å². The zero-order valence-electron chi connectivity index (χ0n) is 11.8. The van der Waals surface area contributed by atoms with E-state index < -0.39 is 0 Å². The van der Waals surface area contributed by atoms with E-state index in [-0.39, 0.29) is 5.54 Å². The smallest absolute Gasteiger partial charge is 0.128 e. The topological polar surface area (TPSA) is 60.2 Å². The van der Waals surface area contributed by atoms with E-state index in [4.69, 9.17) is 14.2 Å². The van der Waals surface area contributed by atoms with E-state index in [0.29, 0.717) is 0 Å². The molecule has 0 bridgehead atoms. The van der Waals surface area contributed by atoms with Crippen molar-refractivity contribution in [3.63, 3.8) is 0 Å². The summed E-state index contributed by atoms with van der Waals surface area (Å²) in [6.45, 7) is 6.29. The average molecular weight is 293 g/mol. The van der Waals surface area contributed by atoms with E-state index in [1.165, 1.54) is 0 Å². The fourth-order valence-corrected chi connectivity index (χ4v) is 3.54. The normalized spacial score (nSPS) is 18.3. The molecular formula is C14H19N3O2S. The number of nitrogens with zero attached hydrogens (tertiary/aromatic N) is 2. The molecule has 0 unspecified atom stereocenters. The molecule has 6 heteroatoms. The summed E-state index contributed by atoms with van der Waals surface area (Å²) >= 11 is 1.73. The lowest BCUT2D eigenvalue weighted by Gasteiger charge is -2.36. The first-order chi connectivity index (χ1) is 9.70. The fraction of sp³-hybridized carbons (Fsp3) is 0.571. The van der Waals surface area contributed by atoms with Gasteiger partial charge in [0.1, 0.15) is 11.3 Å². The van der Waals surface area contributed by atoms with Crippen LogP contribution in [0.4, 0.5) is 0 Å². The molecule has 1 N–H and O–H groups in total. The van der Waals surface area contributed by atoms with Gasteiger partial charge in [-0.3, -0.25) is 0 Å². The van der Waals surface area contributed by atoms with Gasteiger partial charge in [-0.25, -0.2) is 4.98 Å². The maximum atomic E-state index is 5.52. The highest BCUT2D eigenvalue weighted by Gasteiger charge is 2.36. The van der Waals surface area contributed by atoms with Crippen molar-refractivity contribution < 1.29 is 9.26 Å². The zero-order chi connectivity index (χ0) is 14.0. The molecule has 0 atom stereocenters. The predicted octanol–water partition coefficient (Wildman–Crippen LogP) is 2.54. The van der Waals surface area contributed by atoms with E-state index in [2.05, 4.69) is 15.9 Å². The zero-order valence-corrected chi connectivity index (χ0v) is 12.6. The second-order valence-corrected chi connectivity index (χ2v) is 6.13. The van der Waals surface area contributed by atoms with Gasteiger partial charge in [-0.1, -0.05) is 5.16 Å². The molecule has 108 valence electrons. The summed E-state index contributed by atoms with van der Waals surface area (Å²) in [5.74, 6) is 0. The van der Waals surface area contributed by atoms with Crippen molar-refractivity contribution in [1.82, 2.24) is 15.5 Å². The first-order valence-electron chi connectivity index (χ1n) is 6.85. The van der Waals surface area contributed by atoms with Gasteiger partial charge in [0.05, 0.1) is 11.2 Å². The quantitative estimate of drug-likeness (QED) is 0.938. The molecule has 3 heterocycles. The molecule has 3 rings (SSSR count). The Morgan fingerprint density at radius 1 is 1.35 bits per heavy atom. The van der Waals surface area contributed by atoms with Crippen LogP contribution in [-0.4, -0.2) is 23.4 Å². The van der Waals surface area contributed by atoms with Crippen LogP contribution in [0.3, 0.4) is 0 Å². The molecule has 5 nitrogen and oxygen atoms in total. The Bertz CT molecular complexity index is 572. The van der Waals surface area contributed by atoms with Crippen LogP contribution >= 0.6 is 11.3 Å². The summed E-state index contributed by atoms with van der Waals surface area (Å²) in [4.78, 5) is 4.69. The minimum absolute atomic E-state index is 0.0825. The van der Waals surface area contributed by atoms with Crippen LogP contribution < -0.4 is 5.32 Å². The fourth-order valence-electron chi connectivity index (χ4n) is 2.51. The Labute approximate surface area is 122 Å². The molecule has 2 aromatic rings. The number of rotatable bonds is 4. The highest BCUT2D eigenvalue weighted by atomic mass is 32.1. The molecule has 1 aliphatic heterocycles. The molecule has 0 spiro atoms. The molecule has 1 saturated heterocycles. The minimum Gasteiger partial charge on any atom is -0.381 e. The maximum absolute atomic E-state index is 5.52. The molecule has 0 radical (unpaired) electrons. The van der Waals surface area contributed by atoms with Crippen LogP contribution in [0.15, 0.2) is 16.2 Å². The van der Waals surface area contributed by atoms with Gasteiger partial charge in [0, 0.05) is 36.4 Å². The molecule has 0 aliphatic carbocycles. The monoisotopic (exact) mass is 293 g/mol. The van der Waals surface area contributed by atoms with Gasteiger partial charge in [0.25, 0.3) is 0 Å². The van der Waals surface area contributed by atoms with Crippen LogP contribution in [0.25, 0.3) is 0 Å². The minimum atomic E-state index is -0.0825. The summed E-state index contributed by atoms with van der Waals surface area (Å²) in [7, 11) is 0. The lowest BCUT2D eigenvalue weighted by atomic mass is 9.90. The number of aromatic nitrogens is 2. The third-order valence-electron chi connectivity index (χ3n) is 3.84. The Morgan fingerprint density at radius 3 is 2.75 bits per heavy atom. The highest BCUT2D eigenvalue weighted by molar-refractivity contribution is 7.09. The van der Waals surface area contributed by atoms with Gasteiger partial charge < -0.3 is 14.6 Å². The lowest BCUT2D eigenvalue weighted by Crippen LogP contribution is -2.46. The second kappa shape index (κ2) is 5.63. The summed E-state index contributed by atoms with van der Waals surface area (Å²) in [5.41, 5.74) is 3.04. The maximum Gasteiger partial charge on any atom is 0.128 e. The summed E-state index contributed by atoms with van der Waals surface area (Å²) in [6.07, 6.45) is 3.61. The molecule has 20 heavy (non-hydrogen) atoms. The van der Waals surface area contributed by atoms with Crippen molar-refractivity contribution in [2.45, 2.75) is 38.8 Å². The molecule has 1 fully saturated rings. The van der Waals surface area contributed by atoms with Gasteiger partial charge in [-0.15, -0.1) is 11.3 Å². The van der Waals surface area contributed by atoms with Crippen LogP contribution in [0.1, 0.15) is 34.8 Å². The SMILES string of the molecule is Cc1csc(C2(NCc3conc3C)CCOCC2)n1. The van der Waals surface area contributed by atoms with Crippen molar-refractivity contribution in [3.05, 3.63) is 33.6 Å². The lowest BCUT2D eigenvalue weighted by molar-refractivity contribution is 0.0356. The number of hydrogen-bond acceptors (Lipinski definition) is 6. The molecular weight excluding hydrogens is 274 g/mol. The number of ether oxygens (including phenoxy) is 1. The molecule has 2 aromatic heterocycles. The first-order valence-corrected chi connectivity index (χ1v) is 7.73. The van der Waals surface area contributed by atoms with Crippen molar-refractivity contribution in [2.24, 2.45) is 0 Å². The largest absolute Gasteiger partial charge is 0.381 e. The van der Waals surface area contributed by atoms with Gasteiger partial charge in [-0.05, 0) is 26.7 Å². The average Bonchev–Trinajstić information content (AvgIpc) is 3.07. The van der Waals surface area contributed by atoms with E-state index in [0.717, 1.165) is 54.6 Å². The third-order valence-corrected chi connectivity index (χ3v) is 5.01. The first kappa shape index (κ1) is 13.7. The van der Waals surface area contributed by atoms with E-state index >= 15 is 0 Å². The van der Waals surface area contributed by atoms with Gasteiger partial charge in [0.2, 0.25) is 0 Å². The number of nitrogens with one attached hydrogen (secondary N) is 1. The molecule has 0 saturated carbocycles. The standard InChI is InChI=1S/C14H19N3O2S/c1-10-9-20-13(16-10)14(3-5-18-6-4-14)15-7-12-8-19-17-11(12)2/h8-9,15H,3-7H2,1-2H3. The highest BCUT2D eigenvalue weighted by Crippen LogP contribution is 2.34. The Kier molecular flexibility index (Phi) is 3.87. The third kappa shape index (κ3) is 2.63. The molecule has 0 aromatic carbocycles. The van der Waals surface area contributed by atoms with Crippen LogP contribution in [0.2, 0.25) is 0 Å². The molecule has 0 amide bonds. The summed E-state index contributed by atoms with van der Waals surface area (Å²) in [6, 6.07) is 0. The Morgan fingerprint density at radius 2 is 2.15 bits per heavy atom.